The number of ether oxygens (including phenoxy) is 2. The Morgan fingerprint density at radius 1 is 0.615 bits per heavy atom. The number of carbonyl (C=O) groups is 7. The Balaban J connectivity index is 1.53. The maximum absolute atomic E-state index is 14.4. The van der Waals surface area contributed by atoms with Crippen molar-refractivity contribution in [1.82, 2.24) is 36.4 Å². The maximum atomic E-state index is 14.4. The third kappa shape index (κ3) is 17.7. The number of nitrogens with zero attached hydrogens (tertiary/aromatic N) is 2. The normalized spacial score (nSPS) is 16.5. The number of unbranched alkanes of at least 4 members (excludes halogenated alkanes) is 1. The molecule has 1 spiro atoms. The summed E-state index contributed by atoms with van der Waals surface area (Å²) in [5, 5.41) is 14.2. The molecule has 2 fully saturated rings. The molecule has 4 atom stereocenters. The fourth-order valence-electron chi connectivity index (χ4n) is 8.05. The lowest BCUT2D eigenvalue weighted by Gasteiger charge is -2.54. The van der Waals surface area contributed by atoms with E-state index >= 15 is 0 Å². The van der Waals surface area contributed by atoms with Crippen LogP contribution in [0.25, 0.3) is 0 Å². The van der Waals surface area contributed by atoms with Crippen LogP contribution in [-0.2, 0) is 46.3 Å². The van der Waals surface area contributed by atoms with Crippen LogP contribution in [0.4, 0.5) is 9.59 Å². The largest absolute Gasteiger partial charge is 0.444 e. The molecule has 2 saturated heterocycles. The third-order valence-electron chi connectivity index (χ3n) is 11.4. The second kappa shape index (κ2) is 23.5. The van der Waals surface area contributed by atoms with Gasteiger partial charge in [-0.25, -0.2) is 9.59 Å². The summed E-state index contributed by atoms with van der Waals surface area (Å²) in [7, 11) is 0. The summed E-state index contributed by atoms with van der Waals surface area (Å²) in [5.41, 5.74) is 0.0381. The number of rotatable bonds is 19. The number of benzene rings is 2. The van der Waals surface area contributed by atoms with Crippen molar-refractivity contribution in [3.05, 3.63) is 71.8 Å². The lowest BCUT2D eigenvalue weighted by Crippen LogP contribution is -2.63. The Bertz CT molecular complexity index is 1910. The van der Waals surface area contributed by atoms with Crippen LogP contribution >= 0.6 is 0 Å². The number of amides is 7. The van der Waals surface area contributed by atoms with Gasteiger partial charge in [0.15, 0.2) is 0 Å². The summed E-state index contributed by atoms with van der Waals surface area (Å²) in [5.74, 6) is -2.02. The zero-order valence-corrected chi connectivity index (χ0v) is 39.9. The molecule has 0 radical (unpaired) electrons. The first-order valence-electron chi connectivity index (χ1n) is 23.0. The van der Waals surface area contributed by atoms with Crippen molar-refractivity contribution >= 4 is 41.7 Å². The van der Waals surface area contributed by atoms with E-state index in [1.54, 1.807) is 53.4 Å². The van der Waals surface area contributed by atoms with E-state index in [0.717, 1.165) is 24.0 Å². The molecule has 0 aliphatic carbocycles. The van der Waals surface area contributed by atoms with Gasteiger partial charge in [-0.2, -0.15) is 0 Å². The van der Waals surface area contributed by atoms with E-state index in [1.807, 2.05) is 79.4 Å². The molecule has 0 bridgehead atoms. The van der Waals surface area contributed by atoms with Gasteiger partial charge in [-0.1, -0.05) is 74.5 Å². The van der Waals surface area contributed by atoms with Crippen LogP contribution in [0.2, 0.25) is 0 Å². The van der Waals surface area contributed by atoms with Crippen LogP contribution in [-0.4, -0.2) is 120 Å². The molecule has 0 saturated carbocycles. The fraction of sp³-hybridized carbons (Fsp3) is 0.612. The molecule has 16 nitrogen and oxygen atoms in total. The average molecular weight is 904 g/mol. The lowest BCUT2D eigenvalue weighted by molar-refractivity contribution is -0.149. The second-order valence-corrected chi connectivity index (χ2v) is 20.0. The molecular weight excluding hydrogens is 831 g/mol. The Hall–Kier alpha value is -5.67. The van der Waals surface area contributed by atoms with E-state index in [4.69, 9.17) is 9.47 Å². The quantitative estimate of drug-likeness (QED) is 0.120. The van der Waals surface area contributed by atoms with Crippen molar-refractivity contribution in [1.29, 1.82) is 0 Å². The molecule has 0 aromatic heterocycles. The number of hydrogen-bond acceptors (Lipinski definition) is 9. The summed E-state index contributed by atoms with van der Waals surface area (Å²) in [4.78, 5) is 98.0. The van der Waals surface area contributed by atoms with Crippen molar-refractivity contribution < 1.29 is 43.0 Å². The van der Waals surface area contributed by atoms with Gasteiger partial charge in [-0.3, -0.25) is 24.0 Å². The predicted octanol–water partition coefficient (Wildman–Crippen LogP) is 5.03. The van der Waals surface area contributed by atoms with E-state index < -0.39 is 65.3 Å². The van der Waals surface area contributed by atoms with E-state index in [0.29, 0.717) is 45.6 Å². The second-order valence-electron chi connectivity index (χ2n) is 20.0. The molecule has 7 amide bonds. The van der Waals surface area contributed by atoms with Gasteiger partial charge < -0.3 is 45.9 Å². The van der Waals surface area contributed by atoms with Crippen molar-refractivity contribution in [2.75, 3.05) is 32.7 Å². The van der Waals surface area contributed by atoms with Crippen molar-refractivity contribution in [2.45, 2.75) is 149 Å². The highest BCUT2D eigenvalue weighted by Crippen LogP contribution is 2.40. The Morgan fingerprint density at radius 3 is 1.57 bits per heavy atom. The zero-order chi connectivity index (χ0) is 48.0. The molecule has 16 heteroatoms. The molecular formula is C49H73N7O9. The zero-order valence-electron chi connectivity index (χ0n) is 39.9. The van der Waals surface area contributed by atoms with Gasteiger partial charge in [0.25, 0.3) is 0 Å². The molecule has 2 aliphatic rings. The van der Waals surface area contributed by atoms with Gasteiger partial charge in [0.05, 0.1) is 0 Å². The van der Waals surface area contributed by atoms with Crippen molar-refractivity contribution in [3.8, 4) is 0 Å². The molecule has 65 heavy (non-hydrogen) atoms. The van der Waals surface area contributed by atoms with Crippen molar-refractivity contribution in [3.63, 3.8) is 0 Å². The number of carbonyl (C=O) groups excluding carboxylic acids is 7. The van der Waals surface area contributed by atoms with E-state index in [1.165, 1.54) is 0 Å². The number of alkyl carbamates (subject to hydrolysis) is 2. The van der Waals surface area contributed by atoms with Gasteiger partial charge in [0, 0.05) is 57.9 Å². The van der Waals surface area contributed by atoms with Gasteiger partial charge in [0.1, 0.15) is 35.4 Å². The molecule has 2 heterocycles. The van der Waals surface area contributed by atoms with Gasteiger partial charge in [-0.05, 0) is 97.1 Å². The van der Waals surface area contributed by atoms with Gasteiger partial charge in [0.2, 0.25) is 29.5 Å². The van der Waals surface area contributed by atoms with Crippen LogP contribution in [0.3, 0.4) is 0 Å². The lowest BCUT2D eigenvalue weighted by atomic mass is 9.72. The van der Waals surface area contributed by atoms with E-state index in [9.17, 15) is 33.6 Å². The highest BCUT2D eigenvalue weighted by molar-refractivity contribution is 5.95. The smallest absolute Gasteiger partial charge is 0.408 e. The SMILES string of the molecule is CC(=O)N1CC2(CCN(C(=O)[C@@H](CCCCNC(=O)OC(C)(C)C)NC(=O)[C@@H](CC(C)C)NC(=O)[C@@H](Cc3ccccc3)NC(=O)[C@@H](Cc3ccccc3)NC(=O)OC(C)(C)C)CC2)C1. The minimum Gasteiger partial charge on any atom is -0.444 e. The predicted molar refractivity (Wildman–Crippen MR) is 247 cm³/mol. The highest BCUT2D eigenvalue weighted by Gasteiger charge is 2.47. The molecule has 2 aromatic rings. The maximum Gasteiger partial charge on any atom is 0.408 e. The molecule has 4 rings (SSSR count). The first-order chi connectivity index (χ1) is 30.5. The highest BCUT2D eigenvalue weighted by atomic mass is 16.6. The summed E-state index contributed by atoms with van der Waals surface area (Å²) < 4.78 is 10.8. The van der Waals surface area contributed by atoms with E-state index in [-0.39, 0.29) is 48.8 Å². The number of hydrogen-bond donors (Lipinski definition) is 5. The Morgan fingerprint density at radius 2 is 1.08 bits per heavy atom. The van der Waals surface area contributed by atoms with Gasteiger partial charge >= 0.3 is 12.2 Å². The number of likely N-dealkylation sites (tertiary alicyclic amines) is 2. The topological polar surface area (TPSA) is 205 Å². The number of nitrogens with one attached hydrogen (secondary N) is 5. The molecule has 358 valence electrons. The molecule has 2 aromatic carbocycles. The third-order valence-corrected chi connectivity index (χ3v) is 11.4. The Labute approximate surface area is 385 Å². The van der Waals surface area contributed by atoms with Gasteiger partial charge in [-0.15, -0.1) is 0 Å². The number of piperidine rings is 1. The summed E-state index contributed by atoms with van der Waals surface area (Å²) in [6.45, 7) is 18.5. The molecule has 2 aliphatic heterocycles. The van der Waals surface area contributed by atoms with Crippen LogP contribution in [0, 0.1) is 11.3 Å². The first kappa shape index (κ1) is 52.0. The molecule has 5 N–H and O–H groups in total. The summed E-state index contributed by atoms with van der Waals surface area (Å²) in [6, 6.07) is 14.0. The standard InChI is InChI=1S/C49H73N7O9/c1-33(2)28-38(41(58)51-37(22-16-17-25-50-45(62)64-47(4,5)6)44(61)55-26-23-49(24-27-55)31-56(32-49)34(3)57)52-42(59)39(29-35-18-12-10-13-19-35)53-43(60)40(30-36-20-14-11-15-21-36)54-46(63)65-48(7,8)9/h10-15,18-21,33,37-40H,16-17,22-32H2,1-9H3,(H,50,62)(H,51,58)(H,52,59)(H,53,60)(H,54,63)/t37-,38-,39-,40-/m1/s1. The molecule has 0 unspecified atom stereocenters. The minimum atomic E-state index is -1.16. The summed E-state index contributed by atoms with van der Waals surface area (Å²) >= 11 is 0. The van der Waals surface area contributed by atoms with Crippen molar-refractivity contribution in [2.24, 2.45) is 11.3 Å². The first-order valence-corrected chi connectivity index (χ1v) is 23.0. The van der Waals surface area contributed by atoms with Crippen LogP contribution in [0.15, 0.2) is 60.7 Å². The van der Waals surface area contributed by atoms with Crippen LogP contribution in [0.1, 0.15) is 112 Å². The van der Waals surface area contributed by atoms with Crippen LogP contribution in [0.5, 0.6) is 0 Å². The van der Waals surface area contributed by atoms with Crippen LogP contribution < -0.4 is 26.6 Å². The average Bonchev–Trinajstić information content (AvgIpc) is 3.20. The van der Waals surface area contributed by atoms with E-state index in [2.05, 4.69) is 26.6 Å². The fourth-order valence-corrected chi connectivity index (χ4v) is 8.05. The Kier molecular flexibility index (Phi) is 18.8. The minimum absolute atomic E-state index is 0.0137. The monoisotopic (exact) mass is 904 g/mol. The summed E-state index contributed by atoms with van der Waals surface area (Å²) in [6.07, 6.45) is 1.87.